The van der Waals surface area contributed by atoms with Crippen LogP contribution in [0.25, 0.3) is 11.4 Å². The summed E-state index contributed by atoms with van der Waals surface area (Å²) in [7, 11) is 1.69. The number of aromatic nitrogens is 3. The van der Waals surface area contributed by atoms with E-state index in [0.717, 1.165) is 41.7 Å². The van der Waals surface area contributed by atoms with E-state index in [1.807, 2.05) is 13.0 Å². The minimum atomic E-state index is 0.0660. The fourth-order valence-corrected chi connectivity index (χ4v) is 4.47. The maximum Gasteiger partial charge on any atom is 0.230 e. The highest BCUT2D eigenvalue weighted by Crippen LogP contribution is 2.28. The molecule has 2 atom stereocenters. The Morgan fingerprint density at radius 1 is 1.39 bits per heavy atom. The lowest BCUT2D eigenvalue weighted by Gasteiger charge is -2.29. The molecule has 2 aromatic rings. The highest BCUT2D eigenvalue weighted by molar-refractivity contribution is 7.99. The number of ether oxygens (including phenoxy) is 1. The molecule has 28 heavy (non-hydrogen) atoms. The SMILES string of the molecule is COCCCn1c(SCC(=O)N[C@H]2CCCC[C@H]2C)nnc1-c1ccoc1C. The van der Waals surface area contributed by atoms with E-state index in [2.05, 4.69) is 27.0 Å². The van der Waals surface area contributed by atoms with Crippen LogP contribution in [0.4, 0.5) is 0 Å². The van der Waals surface area contributed by atoms with Gasteiger partial charge in [-0.3, -0.25) is 4.79 Å². The topological polar surface area (TPSA) is 82.2 Å². The Morgan fingerprint density at radius 3 is 2.93 bits per heavy atom. The lowest BCUT2D eigenvalue weighted by Crippen LogP contribution is -2.41. The molecule has 0 aromatic carbocycles. The number of hydrogen-bond acceptors (Lipinski definition) is 6. The zero-order valence-corrected chi connectivity index (χ0v) is 17.8. The Hall–Kier alpha value is -1.80. The summed E-state index contributed by atoms with van der Waals surface area (Å²) in [4.78, 5) is 12.5. The summed E-state index contributed by atoms with van der Waals surface area (Å²) in [5.74, 6) is 2.54. The van der Waals surface area contributed by atoms with Crippen molar-refractivity contribution in [3.8, 4) is 11.4 Å². The van der Waals surface area contributed by atoms with Gasteiger partial charge in [0.1, 0.15) is 5.76 Å². The number of nitrogens with one attached hydrogen (secondary N) is 1. The fourth-order valence-electron chi connectivity index (χ4n) is 3.69. The third-order valence-corrected chi connectivity index (χ3v) is 6.30. The van der Waals surface area contributed by atoms with Crippen molar-refractivity contribution in [2.24, 2.45) is 5.92 Å². The fraction of sp³-hybridized carbons (Fsp3) is 0.650. The van der Waals surface area contributed by atoms with Gasteiger partial charge in [0.15, 0.2) is 11.0 Å². The Bertz CT molecular complexity index is 773. The number of nitrogens with zero attached hydrogens (tertiary/aromatic N) is 3. The van der Waals surface area contributed by atoms with Crippen molar-refractivity contribution in [3.05, 3.63) is 18.1 Å². The van der Waals surface area contributed by atoms with E-state index in [1.165, 1.54) is 31.0 Å². The first-order chi connectivity index (χ1) is 13.6. The standard InChI is InChI=1S/C20H30N4O3S/c1-14-7-4-5-8-17(14)21-18(25)13-28-20-23-22-19(16-9-12-27-15(16)2)24(20)10-6-11-26-3/h9,12,14,17H,4-8,10-11,13H2,1-3H3,(H,21,25)/t14-,17+/m1/s1. The van der Waals surface area contributed by atoms with Crippen molar-refractivity contribution in [2.75, 3.05) is 19.5 Å². The van der Waals surface area contributed by atoms with Crippen LogP contribution in [0.3, 0.4) is 0 Å². The van der Waals surface area contributed by atoms with Crippen LogP contribution in [0.2, 0.25) is 0 Å². The monoisotopic (exact) mass is 406 g/mol. The highest BCUT2D eigenvalue weighted by Gasteiger charge is 2.23. The van der Waals surface area contributed by atoms with E-state index in [1.54, 1.807) is 13.4 Å². The average molecular weight is 407 g/mol. The van der Waals surface area contributed by atoms with Crippen LogP contribution in [-0.2, 0) is 16.1 Å². The maximum atomic E-state index is 12.5. The molecule has 0 unspecified atom stereocenters. The molecular weight excluding hydrogens is 376 g/mol. The van der Waals surface area contributed by atoms with Gasteiger partial charge in [0.25, 0.3) is 0 Å². The van der Waals surface area contributed by atoms with Crippen molar-refractivity contribution in [1.29, 1.82) is 0 Å². The predicted octanol–water partition coefficient (Wildman–Crippen LogP) is 3.67. The number of hydrogen-bond donors (Lipinski definition) is 1. The van der Waals surface area contributed by atoms with Crippen LogP contribution >= 0.6 is 11.8 Å². The van der Waals surface area contributed by atoms with Crippen LogP contribution in [0.5, 0.6) is 0 Å². The van der Waals surface area contributed by atoms with Gasteiger partial charge in [-0.15, -0.1) is 10.2 Å². The Balaban J connectivity index is 1.66. The first kappa shape index (κ1) is 20.9. The lowest BCUT2D eigenvalue weighted by atomic mass is 9.86. The van der Waals surface area contributed by atoms with Crippen LogP contribution < -0.4 is 5.32 Å². The summed E-state index contributed by atoms with van der Waals surface area (Å²) in [6.07, 6.45) is 7.24. The zero-order valence-electron chi connectivity index (χ0n) is 16.9. The second-order valence-corrected chi connectivity index (χ2v) is 8.36. The third kappa shape index (κ3) is 5.17. The summed E-state index contributed by atoms with van der Waals surface area (Å²) < 4.78 is 12.7. The largest absolute Gasteiger partial charge is 0.469 e. The molecule has 1 amide bonds. The molecule has 0 spiro atoms. The minimum Gasteiger partial charge on any atom is -0.469 e. The Labute approximate surface area is 170 Å². The number of amides is 1. The summed E-state index contributed by atoms with van der Waals surface area (Å²) in [6.45, 7) is 5.52. The Kier molecular flexibility index (Phi) is 7.56. The van der Waals surface area contributed by atoms with E-state index >= 15 is 0 Å². The number of rotatable bonds is 9. The normalized spacial score (nSPS) is 19.7. The second-order valence-electron chi connectivity index (χ2n) is 7.42. The van der Waals surface area contributed by atoms with Gasteiger partial charge < -0.3 is 19.0 Å². The average Bonchev–Trinajstić information content (AvgIpc) is 3.28. The van der Waals surface area contributed by atoms with Crippen LogP contribution in [0.15, 0.2) is 21.9 Å². The van der Waals surface area contributed by atoms with Crippen molar-refractivity contribution in [1.82, 2.24) is 20.1 Å². The van der Waals surface area contributed by atoms with Crippen LogP contribution in [0, 0.1) is 12.8 Å². The number of furan rings is 1. The minimum absolute atomic E-state index is 0.0660. The first-order valence-corrected chi connectivity index (χ1v) is 11.0. The number of aryl methyl sites for hydroxylation is 1. The smallest absolute Gasteiger partial charge is 0.230 e. The summed E-state index contributed by atoms with van der Waals surface area (Å²) in [6, 6.07) is 2.20. The molecule has 2 heterocycles. The molecule has 0 bridgehead atoms. The molecule has 8 heteroatoms. The van der Waals surface area contributed by atoms with E-state index in [0.29, 0.717) is 24.3 Å². The van der Waals surface area contributed by atoms with Crippen molar-refractivity contribution < 1.29 is 13.9 Å². The number of carbonyl (C=O) groups excluding carboxylic acids is 1. The van der Waals surface area contributed by atoms with Crippen LogP contribution in [-0.4, -0.2) is 46.2 Å². The van der Waals surface area contributed by atoms with Crippen molar-refractivity contribution in [2.45, 2.75) is 63.7 Å². The van der Waals surface area contributed by atoms with Gasteiger partial charge in [-0.05, 0) is 38.2 Å². The Morgan fingerprint density at radius 2 is 2.21 bits per heavy atom. The quantitative estimate of drug-likeness (QED) is 0.505. The molecule has 154 valence electrons. The first-order valence-electron chi connectivity index (χ1n) is 9.99. The highest BCUT2D eigenvalue weighted by atomic mass is 32.2. The van der Waals surface area contributed by atoms with E-state index < -0.39 is 0 Å². The van der Waals surface area contributed by atoms with Gasteiger partial charge >= 0.3 is 0 Å². The number of methoxy groups -OCH3 is 1. The molecule has 3 rings (SSSR count). The molecule has 1 N–H and O–H groups in total. The maximum absolute atomic E-state index is 12.5. The van der Waals surface area contributed by atoms with Gasteiger partial charge in [-0.1, -0.05) is 31.5 Å². The molecule has 0 aliphatic heterocycles. The number of thioether (sulfide) groups is 1. The molecule has 1 aliphatic carbocycles. The molecule has 1 saturated carbocycles. The van der Waals surface area contributed by atoms with Crippen LogP contribution in [0.1, 0.15) is 44.8 Å². The van der Waals surface area contributed by atoms with Gasteiger partial charge in [-0.2, -0.15) is 0 Å². The summed E-state index contributed by atoms with van der Waals surface area (Å²) >= 11 is 1.43. The molecule has 1 aliphatic rings. The second kappa shape index (κ2) is 10.1. The van der Waals surface area contributed by atoms with Crippen molar-refractivity contribution in [3.63, 3.8) is 0 Å². The van der Waals surface area contributed by atoms with Gasteiger partial charge in [0.05, 0.1) is 17.6 Å². The van der Waals surface area contributed by atoms with Crippen molar-refractivity contribution >= 4 is 17.7 Å². The molecule has 1 fully saturated rings. The van der Waals surface area contributed by atoms with E-state index in [4.69, 9.17) is 9.15 Å². The molecule has 0 radical (unpaired) electrons. The predicted molar refractivity (Wildman–Crippen MR) is 109 cm³/mol. The van der Waals surface area contributed by atoms with E-state index in [9.17, 15) is 4.79 Å². The molecule has 0 saturated heterocycles. The van der Waals surface area contributed by atoms with Gasteiger partial charge in [0.2, 0.25) is 5.91 Å². The van der Waals surface area contributed by atoms with Gasteiger partial charge in [-0.25, -0.2) is 0 Å². The third-order valence-electron chi connectivity index (χ3n) is 5.34. The molecule has 7 nitrogen and oxygen atoms in total. The summed E-state index contributed by atoms with van der Waals surface area (Å²) in [5.41, 5.74) is 0.928. The van der Waals surface area contributed by atoms with Gasteiger partial charge in [0, 0.05) is 26.3 Å². The molecular formula is C20H30N4O3S. The summed E-state index contributed by atoms with van der Waals surface area (Å²) in [5, 5.41) is 12.7. The zero-order chi connectivity index (χ0) is 19.9. The lowest BCUT2D eigenvalue weighted by molar-refractivity contribution is -0.119. The molecule has 2 aromatic heterocycles. The number of carbonyl (C=O) groups is 1. The van der Waals surface area contributed by atoms with E-state index in [-0.39, 0.29) is 5.91 Å².